The first-order valence-corrected chi connectivity index (χ1v) is 11.7. The zero-order valence-corrected chi connectivity index (χ0v) is 18.2. The Kier molecular flexibility index (Phi) is 7.24. The number of anilines is 1. The summed E-state index contributed by atoms with van der Waals surface area (Å²) in [6.45, 7) is 1.98. The molecule has 30 heavy (non-hydrogen) atoms. The van der Waals surface area contributed by atoms with Gasteiger partial charge in [0.15, 0.2) is 5.82 Å². The SMILES string of the molecule is Cc1nc(CSCC(=O)Nc2ccc(S(=O)(=O)N(C)Cc3ccccc3)cc2)no1. The lowest BCUT2D eigenvalue weighted by atomic mass is 10.2. The minimum absolute atomic E-state index is 0.167. The van der Waals surface area contributed by atoms with Gasteiger partial charge in [0, 0.05) is 26.2 Å². The molecule has 3 aromatic rings. The molecule has 0 unspecified atom stereocenters. The van der Waals surface area contributed by atoms with Crippen molar-refractivity contribution in [3.05, 3.63) is 71.9 Å². The van der Waals surface area contributed by atoms with E-state index < -0.39 is 10.0 Å². The summed E-state index contributed by atoms with van der Waals surface area (Å²) in [7, 11) is -2.09. The van der Waals surface area contributed by atoms with Crippen LogP contribution in [0.4, 0.5) is 5.69 Å². The monoisotopic (exact) mass is 446 g/mol. The quantitative estimate of drug-likeness (QED) is 0.538. The molecule has 0 atom stereocenters. The van der Waals surface area contributed by atoms with Crippen LogP contribution >= 0.6 is 11.8 Å². The van der Waals surface area contributed by atoms with E-state index in [1.807, 2.05) is 30.3 Å². The van der Waals surface area contributed by atoms with Gasteiger partial charge in [-0.2, -0.15) is 9.29 Å². The number of hydrogen-bond acceptors (Lipinski definition) is 7. The second-order valence-corrected chi connectivity index (χ2v) is 9.57. The van der Waals surface area contributed by atoms with E-state index in [1.54, 1.807) is 26.1 Å². The molecule has 0 spiro atoms. The van der Waals surface area contributed by atoms with Gasteiger partial charge in [-0.1, -0.05) is 35.5 Å². The number of nitrogens with zero attached hydrogens (tertiary/aromatic N) is 3. The lowest BCUT2D eigenvalue weighted by Gasteiger charge is -2.17. The van der Waals surface area contributed by atoms with Crippen LogP contribution in [0.1, 0.15) is 17.3 Å². The van der Waals surface area contributed by atoms with Crippen molar-refractivity contribution in [2.45, 2.75) is 24.1 Å². The number of hydrogen-bond donors (Lipinski definition) is 1. The van der Waals surface area contributed by atoms with E-state index in [9.17, 15) is 13.2 Å². The molecular formula is C20H22N4O4S2. The standard InChI is InChI=1S/C20H22N4O4S2/c1-15-21-19(23-28-15)13-29-14-20(25)22-17-8-10-18(11-9-17)30(26,27)24(2)12-16-6-4-3-5-7-16/h3-11H,12-14H2,1-2H3,(H,22,25). The molecule has 1 amide bonds. The van der Waals surface area contributed by atoms with Crippen molar-refractivity contribution in [2.75, 3.05) is 18.1 Å². The van der Waals surface area contributed by atoms with Crippen LogP contribution in [0, 0.1) is 6.92 Å². The average molecular weight is 447 g/mol. The predicted molar refractivity (Wildman–Crippen MR) is 115 cm³/mol. The second-order valence-electron chi connectivity index (χ2n) is 6.54. The molecule has 1 heterocycles. The molecule has 0 aliphatic heterocycles. The lowest BCUT2D eigenvalue weighted by molar-refractivity contribution is -0.113. The van der Waals surface area contributed by atoms with Gasteiger partial charge in [-0.25, -0.2) is 8.42 Å². The summed E-state index contributed by atoms with van der Waals surface area (Å²) in [5.74, 6) is 1.51. The topological polar surface area (TPSA) is 105 Å². The van der Waals surface area contributed by atoms with Crippen molar-refractivity contribution >= 4 is 33.4 Å². The molecular weight excluding hydrogens is 424 g/mol. The summed E-state index contributed by atoms with van der Waals surface area (Å²) in [6, 6.07) is 15.5. The minimum atomic E-state index is -3.63. The number of carbonyl (C=O) groups excluding carboxylic acids is 1. The Balaban J connectivity index is 1.53. The van der Waals surface area contributed by atoms with Gasteiger partial charge in [0.1, 0.15) is 0 Å². The van der Waals surface area contributed by atoms with E-state index >= 15 is 0 Å². The van der Waals surface area contributed by atoms with Crippen LogP contribution in [0.15, 0.2) is 64.0 Å². The molecule has 8 nitrogen and oxygen atoms in total. The van der Waals surface area contributed by atoms with Crippen molar-refractivity contribution in [2.24, 2.45) is 0 Å². The van der Waals surface area contributed by atoms with Crippen LogP contribution in [0.2, 0.25) is 0 Å². The zero-order chi connectivity index (χ0) is 21.6. The third-order valence-electron chi connectivity index (χ3n) is 4.13. The molecule has 0 aliphatic carbocycles. The largest absolute Gasteiger partial charge is 0.340 e. The Labute approximate surface area is 179 Å². The number of benzene rings is 2. The molecule has 0 fully saturated rings. The Morgan fingerprint density at radius 2 is 1.83 bits per heavy atom. The Bertz CT molecular complexity index is 1080. The fraction of sp³-hybridized carbons (Fsp3) is 0.250. The van der Waals surface area contributed by atoms with Crippen molar-refractivity contribution in [1.82, 2.24) is 14.4 Å². The van der Waals surface area contributed by atoms with E-state index in [4.69, 9.17) is 4.52 Å². The Hall–Kier alpha value is -2.69. The number of aromatic nitrogens is 2. The summed E-state index contributed by atoms with van der Waals surface area (Å²) >= 11 is 1.36. The van der Waals surface area contributed by atoms with Crippen molar-refractivity contribution in [3.8, 4) is 0 Å². The fourth-order valence-corrected chi connectivity index (χ4v) is 4.47. The maximum atomic E-state index is 12.8. The van der Waals surface area contributed by atoms with Gasteiger partial charge >= 0.3 is 0 Å². The number of amides is 1. The first-order chi connectivity index (χ1) is 14.3. The zero-order valence-electron chi connectivity index (χ0n) is 16.6. The van der Waals surface area contributed by atoms with E-state index in [-0.39, 0.29) is 23.1 Å². The maximum Gasteiger partial charge on any atom is 0.243 e. The normalized spacial score (nSPS) is 11.6. The van der Waals surface area contributed by atoms with Gasteiger partial charge in [-0.05, 0) is 29.8 Å². The van der Waals surface area contributed by atoms with Gasteiger partial charge in [-0.3, -0.25) is 4.79 Å². The summed E-state index contributed by atoms with van der Waals surface area (Å²) in [4.78, 5) is 16.3. The summed E-state index contributed by atoms with van der Waals surface area (Å²) in [5, 5.41) is 6.52. The first-order valence-electron chi connectivity index (χ1n) is 9.12. The maximum absolute atomic E-state index is 12.8. The molecule has 0 radical (unpaired) electrons. The fourth-order valence-electron chi connectivity index (χ4n) is 2.65. The van der Waals surface area contributed by atoms with Crippen LogP contribution in [0.25, 0.3) is 0 Å². The molecule has 0 bridgehead atoms. The van der Waals surface area contributed by atoms with Gasteiger partial charge in [0.25, 0.3) is 0 Å². The highest BCUT2D eigenvalue weighted by Crippen LogP contribution is 2.19. The van der Waals surface area contributed by atoms with Gasteiger partial charge in [0.05, 0.1) is 16.4 Å². The van der Waals surface area contributed by atoms with Crippen LogP contribution in [0.5, 0.6) is 0 Å². The molecule has 1 N–H and O–H groups in total. The molecule has 2 aromatic carbocycles. The van der Waals surface area contributed by atoms with Crippen molar-refractivity contribution in [1.29, 1.82) is 0 Å². The number of rotatable bonds is 9. The second kappa shape index (κ2) is 9.88. The molecule has 1 aromatic heterocycles. The Morgan fingerprint density at radius 3 is 2.47 bits per heavy atom. The van der Waals surface area contributed by atoms with Crippen LogP contribution in [-0.2, 0) is 27.1 Å². The van der Waals surface area contributed by atoms with Crippen LogP contribution in [0.3, 0.4) is 0 Å². The van der Waals surface area contributed by atoms with E-state index in [1.165, 1.54) is 28.2 Å². The average Bonchev–Trinajstić information content (AvgIpc) is 3.14. The summed E-state index contributed by atoms with van der Waals surface area (Å²) in [6.07, 6.45) is 0. The molecule has 158 valence electrons. The van der Waals surface area contributed by atoms with Gasteiger partial charge < -0.3 is 9.84 Å². The number of sulfonamides is 1. The van der Waals surface area contributed by atoms with E-state index in [0.29, 0.717) is 23.2 Å². The number of thioether (sulfide) groups is 1. The Morgan fingerprint density at radius 1 is 1.13 bits per heavy atom. The highest BCUT2D eigenvalue weighted by Gasteiger charge is 2.20. The smallest absolute Gasteiger partial charge is 0.243 e. The van der Waals surface area contributed by atoms with Gasteiger partial charge in [0.2, 0.25) is 21.8 Å². The molecule has 10 heteroatoms. The highest BCUT2D eigenvalue weighted by molar-refractivity contribution is 7.99. The van der Waals surface area contributed by atoms with Crippen LogP contribution in [-0.4, -0.2) is 41.6 Å². The van der Waals surface area contributed by atoms with Gasteiger partial charge in [-0.15, -0.1) is 11.8 Å². The van der Waals surface area contributed by atoms with Crippen molar-refractivity contribution in [3.63, 3.8) is 0 Å². The lowest BCUT2D eigenvalue weighted by Crippen LogP contribution is -2.26. The van der Waals surface area contributed by atoms with E-state index in [2.05, 4.69) is 15.5 Å². The van der Waals surface area contributed by atoms with Crippen molar-refractivity contribution < 1.29 is 17.7 Å². The number of carbonyl (C=O) groups is 1. The number of nitrogens with one attached hydrogen (secondary N) is 1. The molecule has 3 rings (SSSR count). The predicted octanol–water partition coefficient (Wildman–Crippen LogP) is 3.07. The van der Waals surface area contributed by atoms with Crippen LogP contribution < -0.4 is 5.32 Å². The highest BCUT2D eigenvalue weighted by atomic mass is 32.2. The number of aryl methyl sites for hydroxylation is 1. The molecule has 0 aliphatic rings. The first kappa shape index (κ1) is 22.0. The minimum Gasteiger partial charge on any atom is -0.340 e. The molecule has 0 saturated carbocycles. The van der Waals surface area contributed by atoms with E-state index in [0.717, 1.165) is 5.56 Å². The molecule has 0 saturated heterocycles. The third-order valence-corrected chi connectivity index (χ3v) is 6.87. The third kappa shape index (κ3) is 5.91. The summed E-state index contributed by atoms with van der Waals surface area (Å²) in [5.41, 5.74) is 1.43. The summed E-state index contributed by atoms with van der Waals surface area (Å²) < 4.78 is 31.7.